The van der Waals surface area contributed by atoms with Gasteiger partial charge in [0.25, 0.3) is 0 Å². The Balaban J connectivity index is 1.56. The summed E-state index contributed by atoms with van der Waals surface area (Å²) in [6, 6.07) is 14.3. The van der Waals surface area contributed by atoms with Crippen LogP contribution in [0.15, 0.2) is 42.5 Å². The van der Waals surface area contributed by atoms with Gasteiger partial charge in [0.1, 0.15) is 12.7 Å². The molecule has 6 nitrogen and oxygen atoms in total. The van der Waals surface area contributed by atoms with Gasteiger partial charge in [-0.2, -0.15) is 0 Å². The number of benzene rings is 2. The van der Waals surface area contributed by atoms with Gasteiger partial charge in [0.15, 0.2) is 11.5 Å². The highest BCUT2D eigenvalue weighted by Crippen LogP contribution is 2.31. The summed E-state index contributed by atoms with van der Waals surface area (Å²) in [5.41, 5.74) is 3.51. The lowest BCUT2D eigenvalue weighted by Gasteiger charge is -2.28. The van der Waals surface area contributed by atoms with Crippen molar-refractivity contribution < 1.29 is 19.3 Å². The molecule has 158 valence electrons. The molecule has 0 saturated carbocycles. The lowest BCUT2D eigenvalue weighted by Crippen LogP contribution is -2.42. The first-order valence-corrected chi connectivity index (χ1v) is 10.2. The van der Waals surface area contributed by atoms with Crippen LogP contribution in [0.2, 0.25) is 0 Å². The highest BCUT2D eigenvalue weighted by molar-refractivity contribution is 5.46. The van der Waals surface area contributed by atoms with Crippen molar-refractivity contribution in [3.05, 3.63) is 59.2 Å². The first-order chi connectivity index (χ1) is 14.2. The third kappa shape index (κ3) is 6.72. The molecule has 0 radical (unpaired) electrons. The molecule has 1 heterocycles. The van der Waals surface area contributed by atoms with Gasteiger partial charge >= 0.3 is 0 Å². The summed E-state index contributed by atoms with van der Waals surface area (Å²) in [7, 11) is 1.64. The first-order valence-electron chi connectivity index (χ1n) is 10.2. The van der Waals surface area contributed by atoms with Gasteiger partial charge in [0, 0.05) is 38.3 Å². The average molecular weight is 401 g/mol. The van der Waals surface area contributed by atoms with E-state index in [0.29, 0.717) is 24.6 Å². The normalized spacial score (nSPS) is 15.8. The fraction of sp³-hybridized carbons (Fsp3) is 0.478. The van der Waals surface area contributed by atoms with E-state index in [9.17, 15) is 5.11 Å². The molecule has 2 aromatic carbocycles. The van der Waals surface area contributed by atoms with Gasteiger partial charge in [0.05, 0.1) is 20.3 Å². The van der Waals surface area contributed by atoms with E-state index in [1.165, 1.54) is 11.1 Å². The number of rotatable bonds is 10. The molecule has 3 rings (SSSR count). The second kappa shape index (κ2) is 11.2. The van der Waals surface area contributed by atoms with E-state index >= 15 is 0 Å². The van der Waals surface area contributed by atoms with Gasteiger partial charge in [-0.3, -0.25) is 4.90 Å². The van der Waals surface area contributed by atoms with Crippen LogP contribution in [-0.2, 0) is 17.8 Å². The fourth-order valence-corrected chi connectivity index (χ4v) is 3.50. The Bertz CT molecular complexity index is 762. The molecule has 0 aliphatic carbocycles. The summed E-state index contributed by atoms with van der Waals surface area (Å²) in [5, 5.41) is 13.9. The van der Waals surface area contributed by atoms with Crippen LogP contribution >= 0.6 is 0 Å². The molecule has 1 aliphatic heterocycles. The molecule has 0 aromatic heterocycles. The highest BCUT2D eigenvalue weighted by atomic mass is 16.5. The minimum Gasteiger partial charge on any atom is -0.493 e. The summed E-state index contributed by atoms with van der Waals surface area (Å²) in [6.07, 6.45) is -0.564. The van der Waals surface area contributed by atoms with Gasteiger partial charge in [-0.05, 0) is 18.6 Å². The van der Waals surface area contributed by atoms with E-state index < -0.39 is 6.10 Å². The zero-order valence-electron chi connectivity index (χ0n) is 17.4. The van der Waals surface area contributed by atoms with Gasteiger partial charge in [0.2, 0.25) is 0 Å². The highest BCUT2D eigenvalue weighted by Gasteiger charge is 2.17. The van der Waals surface area contributed by atoms with Crippen molar-refractivity contribution in [3.63, 3.8) is 0 Å². The van der Waals surface area contributed by atoms with Crippen LogP contribution in [-0.4, -0.2) is 62.7 Å². The molecule has 1 aliphatic rings. The third-order valence-corrected chi connectivity index (χ3v) is 5.00. The van der Waals surface area contributed by atoms with Crippen molar-refractivity contribution in [1.29, 1.82) is 0 Å². The Morgan fingerprint density at radius 1 is 1.14 bits per heavy atom. The number of morpholine rings is 1. The fourth-order valence-electron chi connectivity index (χ4n) is 3.50. The number of para-hydroxylation sites is 1. The zero-order chi connectivity index (χ0) is 20.5. The number of aryl methyl sites for hydroxylation is 1. The second-order valence-electron chi connectivity index (χ2n) is 7.42. The molecule has 2 N–H and O–H groups in total. The van der Waals surface area contributed by atoms with E-state index in [0.717, 1.165) is 38.4 Å². The molecular weight excluding hydrogens is 368 g/mol. The summed E-state index contributed by atoms with van der Waals surface area (Å²) in [4.78, 5) is 2.20. The number of hydrogen-bond donors (Lipinski definition) is 2. The van der Waals surface area contributed by atoms with Crippen LogP contribution < -0.4 is 14.8 Å². The standard InChI is InChI=1S/C23H32N2O4/c1-18-5-3-6-19(13-18)14-24-15-20-7-4-8-22(27-2)23(20)29-17-21(26)16-25-9-11-28-12-10-25/h3-8,13,21,24,26H,9-12,14-17H2,1-2H3/t21-/m1/s1. The summed E-state index contributed by atoms with van der Waals surface area (Å²) >= 11 is 0. The lowest BCUT2D eigenvalue weighted by atomic mass is 10.1. The van der Waals surface area contributed by atoms with E-state index in [1.807, 2.05) is 18.2 Å². The smallest absolute Gasteiger partial charge is 0.165 e. The number of aliphatic hydroxyl groups is 1. The predicted octanol–water partition coefficient (Wildman–Crippen LogP) is 2.37. The molecule has 0 amide bonds. The number of β-amino-alcohol motifs (C(OH)–C–C–N with tert-alkyl or cyclic N) is 1. The van der Waals surface area contributed by atoms with Crippen molar-refractivity contribution in [3.8, 4) is 11.5 Å². The maximum absolute atomic E-state index is 10.4. The Morgan fingerprint density at radius 3 is 2.69 bits per heavy atom. The number of ether oxygens (including phenoxy) is 3. The molecule has 0 unspecified atom stereocenters. The SMILES string of the molecule is COc1cccc(CNCc2cccc(C)c2)c1OC[C@H](O)CN1CCOCC1. The lowest BCUT2D eigenvalue weighted by molar-refractivity contribution is 0.00436. The molecule has 29 heavy (non-hydrogen) atoms. The average Bonchev–Trinajstić information content (AvgIpc) is 2.73. The second-order valence-corrected chi connectivity index (χ2v) is 7.42. The quantitative estimate of drug-likeness (QED) is 0.639. The Kier molecular flexibility index (Phi) is 8.31. The topological polar surface area (TPSA) is 63.2 Å². The van der Waals surface area contributed by atoms with Crippen molar-refractivity contribution in [2.75, 3.05) is 46.6 Å². The van der Waals surface area contributed by atoms with E-state index in [2.05, 4.69) is 41.4 Å². The molecule has 0 bridgehead atoms. The van der Waals surface area contributed by atoms with Crippen molar-refractivity contribution in [2.24, 2.45) is 0 Å². The molecule has 2 aromatic rings. The number of nitrogens with one attached hydrogen (secondary N) is 1. The van der Waals surface area contributed by atoms with Gasteiger partial charge in [-0.15, -0.1) is 0 Å². The number of aliphatic hydroxyl groups excluding tert-OH is 1. The Labute approximate surface area is 173 Å². The molecule has 1 atom stereocenters. The Morgan fingerprint density at radius 2 is 1.93 bits per heavy atom. The largest absolute Gasteiger partial charge is 0.493 e. The van der Waals surface area contributed by atoms with E-state index in [4.69, 9.17) is 14.2 Å². The summed E-state index contributed by atoms with van der Waals surface area (Å²) < 4.78 is 16.9. The van der Waals surface area contributed by atoms with Crippen LogP contribution in [0.3, 0.4) is 0 Å². The minimum absolute atomic E-state index is 0.225. The number of methoxy groups -OCH3 is 1. The third-order valence-electron chi connectivity index (χ3n) is 5.00. The molecule has 0 spiro atoms. The molecule has 1 fully saturated rings. The van der Waals surface area contributed by atoms with Crippen LogP contribution in [0.1, 0.15) is 16.7 Å². The van der Waals surface area contributed by atoms with Crippen molar-refractivity contribution >= 4 is 0 Å². The first kappa shape index (κ1) is 21.6. The summed E-state index contributed by atoms with van der Waals surface area (Å²) in [5.74, 6) is 1.37. The van der Waals surface area contributed by atoms with Crippen LogP contribution in [0.25, 0.3) is 0 Å². The Hall–Kier alpha value is -2.12. The minimum atomic E-state index is -0.564. The summed E-state index contributed by atoms with van der Waals surface area (Å²) in [6.45, 7) is 7.47. The van der Waals surface area contributed by atoms with Crippen molar-refractivity contribution in [1.82, 2.24) is 10.2 Å². The monoisotopic (exact) mass is 400 g/mol. The van der Waals surface area contributed by atoms with Crippen LogP contribution in [0, 0.1) is 6.92 Å². The molecule has 6 heteroatoms. The molecular formula is C23H32N2O4. The maximum Gasteiger partial charge on any atom is 0.165 e. The zero-order valence-corrected chi connectivity index (χ0v) is 17.4. The number of nitrogens with zero attached hydrogens (tertiary/aromatic N) is 1. The van der Waals surface area contributed by atoms with E-state index in [-0.39, 0.29) is 6.61 Å². The van der Waals surface area contributed by atoms with Crippen LogP contribution in [0.5, 0.6) is 11.5 Å². The predicted molar refractivity (Wildman–Crippen MR) is 113 cm³/mol. The van der Waals surface area contributed by atoms with Gasteiger partial charge in [-0.25, -0.2) is 0 Å². The van der Waals surface area contributed by atoms with Gasteiger partial charge < -0.3 is 24.6 Å². The van der Waals surface area contributed by atoms with E-state index in [1.54, 1.807) is 7.11 Å². The number of hydrogen-bond acceptors (Lipinski definition) is 6. The van der Waals surface area contributed by atoms with Crippen LogP contribution in [0.4, 0.5) is 0 Å². The maximum atomic E-state index is 10.4. The van der Waals surface area contributed by atoms with Gasteiger partial charge in [-0.1, -0.05) is 42.0 Å². The molecule has 1 saturated heterocycles. The van der Waals surface area contributed by atoms with Crippen molar-refractivity contribution in [2.45, 2.75) is 26.1 Å².